The van der Waals surface area contributed by atoms with E-state index in [9.17, 15) is 19.5 Å². The van der Waals surface area contributed by atoms with Crippen LogP contribution in [0.2, 0.25) is 0 Å². The number of amides is 2. The summed E-state index contributed by atoms with van der Waals surface area (Å²) in [6, 6.07) is 15.0. The molecule has 4 aliphatic carbocycles. The van der Waals surface area contributed by atoms with Gasteiger partial charge in [0.25, 0.3) is 0 Å². The molecule has 4 unspecified atom stereocenters. The summed E-state index contributed by atoms with van der Waals surface area (Å²) in [5, 5.41) is 16.0. The molecular formula is C65H78FN7O5. The molecule has 6 fully saturated rings. The Labute approximate surface area is 458 Å². The number of benzene rings is 3. The number of β-amino-alcohol motifs (C(OH)–C–C–N with tert-alkyl or cyclic N) is 1. The SMILES string of the molecule is C#Cc1c(F)ccc2cccc(-c3ncc4c(N5CCC[C@@](C)(O)C5)nc(OCC5(CCCC6CCCC7(CC6)CC(CCC6CCCC(c8ccc9c(c8)[nH]c(=O)n9C8CCC(=O)NC8=O)CC6)C7)CC5)nc4c3CC)c12. The van der Waals surface area contributed by atoms with Crippen molar-refractivity contribution >= 4 is 50.3 Å². The average Bonchev–Trinajstić information content (AvgIpc) is 4.23. The highest BCUT2D eigenvalue weighted by Gasteiger charge is 2.46. The second kappa shape index (κ2) is 21.5. The summed E-state index contributed by atoms with van der Waals surface area (Å²) in [6.07, 6.45) is 35.2. The highest BCUT2D eigenvalue weighted by molar-refractivity contribution is 6.03. The standard InChI is InChI=1S/C65H78FN7O5/c1-4-47-51(66)23-21-45-15-7-16-49(56(45)47)57-48(5-2)58-50(38-67-57)59(72-34-10-28-63(3,77)39-72)71-61(70-58)78-40-64(32-33-64)29-8-12-41-13-9-30-65(31-27-41)36-43(37-65)18-17-42-11-6-14-44(20-19-42)46-22-24-53-52(35-46)68-62(76)73(53)54-25-26-55(74)69-60(54)75/h1,7,15-16,21-24,35,38,41-44,54,77H,5-6,8-14,17-20,25-34,36-37,39-40H2,2-3H3,(H,68,76)(H,69,74,75)/t41?,42?,43?,44?,54?,63-,65?/m1/s1. The second-order valence-electron chi connectivity index (χ2n) is 25.5. The van der Waals surface area contributed by atoms with Crippen LogP contribution in [0.4, 0.5) is 10.2 Å². The van der Waals surface area contributed by atoms with Gasteiger partial charge in [0.2, 0.25) is 11.8 Å². The lowest BCUT2D eigenvalue weighted by atomic mass is 9.57. The predicted molar refractivity (Wildman–Crippen MR) is 305 cm³/mol. The van der Waals surface area contributed by atoms with Gasteiger partial charge in [-0.25, -0.2) is 9.18 Å². The molecule has 12 nitrogen and oxygen atoms in total. The van der Waals surface area contributed by atoms with Crippen LogP contribution in [0.25, 0.3) is 44.0 Å². The monoisotopic (exact) mass is 1060 g/mol. The van der Waals surface area contributed by atoms with Crippen molar-refractivity contribution in [2.45, 2.75) is 186 Å². The molecule has 3 aromatic heterocycles. The van der Waals surface area contributed by atoms with Gasteiger partial charge in [-0.1, -0.05) is 94.5 Å². The molecule has 13 heteroatoms. The van der Waals surface area contributed by atoms with Crippen LogP contribution in [0, 0.1) is 46.7 Å². The Kier molecular flexibility index (Phi) is 14.5. The molecular weight excluding hydrogens is 978 g/mol. The van der Waals surface area contributed by atoms with Gasteiger partial charge < -0.3 is 19.7 Å². The van der Waals surface area contributed by atoms with E-state index in [2.05, 4.69) is 40.2 Å². The van der Waals surface area contributed by atoms with Crippen LogP contribution in [0.15, 0.2) is 59.5 Å². The third kappa shape index (κ3) is 10.6. The fraction of sp³-hybridized carbons (Fsp3) is 0.569. The van der Waals surface area contributed by atoms with Gasteiger partial charge in [-0.15, -0.1) is 6.42 Å². The number of nitrogens with one attached hydrogen (secondary N) is 2. The van der Waals surface area contributed by atoms with Crippen molar-refractivity contribution < 1.29 is 23.8 Å². The van der Waals surface area contributed by atoms with E-state index in [-0.39, 0.29) is 29.0 Å². The van der Waals surface area contributed by atoms with Crippen LogP contribution in [-0.2, 0) is 16.0 Å². The maximum absolute atomic E-state index is 15.2. The van der Waals surface area contributed by atoms with Crippen molar-refractivity contribution in [3.8, 4) is 29.6 Å². The Morgan fingerprint density at radius 2 is 1.72 bits per heavy atom. The Hall–Kier alpha value is -6.13. The van der Waals surface area contributed by atoms with Crippen molar-refractivity contribution in [2.75, 3.05) is 24.6 Å². The average molecular weight is 1060 g/mol. The molecule has 2 amide bonds. The number of H-pyrrole nitrogens is 1. The van der Waals surface area contributed by atoms with E-state index in [1.54, 1.807) is 6.07 Å². The number of aryl methyl sites for hydroxylation is 1. The Balaban J connectivity index is 0.633. The zero-order chi connectivity index (χ0) is 53.8. The minimum absolute atomic E-state index is 0.151. The number of aliphatic hydroxyl groups is 1. The summed E-state index contributed by atoms with van der Waals surface area (Å²) in [5.74, 6) is 5.18. The number of piperidine rings is 2. The van der Waals surface area contributed by atoms with Gasteiger partial charge in [-0.05, 0) is 161 Å². The molecule has 0 bridgehead atoms. The fourth-order valence-corrected chi connectivity index (χ4v) is 15.4. The quantitative estimate of drug-likeness (QED) is 0.0518. The molecule has 2 aliphatic heterocycles. The fourth-order valence-electron chi connectivity index (χ4n) is 15.4. The number of fused-ring (bicyclic) bond motifs is 3. The maximum atomic E-state index is 15.2. The number of nitrogens with zero attached hydrogens (tertiary/aromatic N) is 5. The zero-order valence-electron chi connectivity index (χ0n) is 45.9. The van der Waals surface area contributed by atoms with E-state index in [4.69, 9.17) is 26.1 Å². The minimum atomic E-state index is -0.847. The maximum Gasteiger partial charge on any atom is 0.327 e. The molecule has 4 saturated carbocycles. The predicted octanol–water partition coefficient (Wildman–Crippen LogP) is 12.9. The summed E-state index contributed by atoms with van der Waals surface area (Å²) in [5.41, 5.74) is 5.78. The zero-order valence-corrected chi connectivity index (χ0v) is 45.9. The largest absolute Gasteiger partial charge is 0.463 e. The van der Waals surface area contributed by atoms with E-state index in [1.807, 2.05) is 37.4 Å². The third-order valence-corrected chi connectivity index (χ3v) is 20.0. The first kappa shape index (κ1) is 52.6. The van der Waals surface area contributed by atoms with Crippen LogP contribution < -0.4 is 20.6 Å². The molecule has 78 heavy (non-hydrogen) atoms. The van der Waals surface area contributed by atoms with Crippen LogP contribution >= 0.6 is 0 Å². The molecule has 2 saturated heterocycles. The van der Waals surface area contributed by atoms with E-state index in [0.29, 0.717) is 48.7 Å². The summed E-state index contributed by atoms with van der Waals surface area (Å²) >= 11 is 0. The van der Waals surface area contributed by atoms with Crippen molar-refractivity contribution in [2.24, 2.45) is 28.6 Å². The lowest BCUT2D eigenvalue weighted by Crippen LogP contribution is -2.46. The molecule has 0 radical (unpaired) electrons. The molecule has 1 spiro atoms. The van der Waals surface area contributed by atoms with Gasteiger partial charge in [0, 0.05) is 47.6 Å². The number of pyridine rings is 1. The number of carbonyl (C=O) groups is 2. The van der Waals surface area contributed by atoms with Crippen LogP contribution in [0.5, 0.6) is 6.01 Å². The highest BCUT2D eigenvalue weighted by Crippen LogP contribution is 2.57. The van der Waals surface area contributed by atoms with E-state index < -0.39 is 23.4 Å². The topological polar surface area (TPSA) is 155 Å². The number of hydrogen-bond acceptors (Lipinski definition) is 9. The summed E-state index contributed by atoms with van der Waals surface area (Å²) in [7, 11) is 0. The van der Waals surface area contributed by atoms with Crippen molar-refractivity contribution in [1.82, 2.24) is 29.8 Å². The van der Waals surface area contributed by atoms with Gasteiger partial charge in [0.15, 0.2) is 0 Å². The first-order valence-electron chi connectivity index (χ1n) is 29.9. The van der Waals surface area contributed by atoms with Crippen molar-refractivity contribution in [1.29, 1.82) is 0 Å². The highest BCUT2D eigenvalue weighted by atomic mass is 19.1. The molecule has 5 atom stereocenters. The first-order valence-corrected chi connectivity index (χ1v) is 29.9. The molecule has 6 aliphatic rings. The number of ether oxygens (including phenoxy) is 1. The Morgan fingerprint density at radius 3 is 2.53 bits per heavy atom. The number of rotatable bonds is 15. The van der Waals surface area contributed by atoms with Crippen molar-refractivity contribution in [3.63, 3.8) is 0 Å². The molecule has 3 N–H and O–H groups in total. The minimum Gasteiger partial charge on any atom is -0.463 e. The Morgan fingerprint density at radius 1 is 0.885 bits per heavy atom. The number of hydrogen-bond donors (Lipinski definition) is 3. The van der Waals surface area contributed by atoms with Crippen molar-refractivity contribution in [3.05, 3.63) is 87.7 Å². The summed E-state index contributed by atoms with van der Waals surface area (Å²) in [6.45, 7) is 5.79. The third-order valence-electron chi connectivity index (χ3n) is 20.0. The second-order valence-corrected chi connectivity index (χ2v) is 25.5. The summed E-state index contributed by atoms with van der Waals surface area (Å²) < 4.78 is 23.4. The van der Waals surface area contributed by atoms with Gasteiger partial charge in [0.1, 0.15) is 17.7 Å². The lowest BCUT2D eigenvalue weighted by molar-refractivity contribution is -0.135. The van der Waals surface area contributed by atoms with Crippen LogP contribution in [-0.4, -0.2) is 66.7 Å². The molecule has 12 rings (SSSR count). The van der Waals surface area contributed by atoms with Crippen LogP contribution in [0.3, 0.4) is 0 Å². The number of imidazole rings is 1. The smallest absolute Gasteiger partial charge is 0.327 e. The first-order chi connectivity index (χ1) is 37.8. The number of halogens is 1. The van der Waals surface area contributed by atoms with Gasteiger partial charge in [-0.2, -0.15) is 9.97 Å². The van der Waals surface area contributed by atoms with Gasteiger partial charge >= 0.3 is 11.7 Å². The van der Waals surface area contributed by atoms with Gasteiger partial charge in [0.05, 0.1) is 45.4 Å². The van der Waals surface area contributed by atoms with E-state index in [0.717, 1.165) is 106 Å². The summed E-state index contributed by atoms with van der Waals surface area (Å²) in [4.78, 5) is 57.9. The Bertz CT molecular complexity index is 3360. The molecule has 3 aromatic carbocycles. The van der Waals surface area contributed by atoms with E-state index in [1.165, 1.54) is 119 Å². The normalized spacial score (nSPS) is 27.3. The number of anilines is 1. The molecule has 5 heterocycles. The van der Waals surface area contributed by atoms with Gasteiger partial charge in [-0.3, -0.25) is 24.5 Å². The van der Waals surface area contributed by atoms with Crippen LogP contribution in [0.1, 0.15) is 190 Å². The number of imide groups is 1. The number of aromatic nitrogens is 5. The van der Waals surface area contributed by atoms with E-state index >= 15 is 4.39 Å². The lowest BCUT2D eigenvalue weighted by Gasteiger charge is -2.48. The number of carbonyl (C=O) groups excluding carboxylic acids is 2. The molecule has 6 aromatic rings. The molecule has 410 valence electrons. The number of terminal acetylenes is 1. The number of aromatic amines is 1.